The molecule has 0 radical (unpaired) electrons. The molecule has 0 spiro atoms. The Kier molecular flexibility index (Phi) is 3.28. The molecule has 4 heteroatoms. The molecule has 14 heavy (non-hydrogen) atoms. The molecule has 0 saturated heterocycles. The lowest BCUT2D eigenvalue weighted by Crippen LogP contribution is -2.12. The summed E-state index contributed by atoms with van der Waals surface area (Å²) in [5.74, 6) is 0. The molecule has 0 atom stereocenters. The molecule has 78 valence electrons. The maximum atomic E-state index is 5.44. The van der Waals surface area contributed by atoms with Gasteiger partial charge in [0.2, 0.25) is 0 Å². The monoisotopic (exact) mass is 195 g/mol. The second kappa shape index (κ2) is 4.26. The molecule has 4 nitrogen and oxygen atoms in total. The topological polar surface area (TPSA) is 61.0 Å². The van der Waals surface area contributed by atoms with Crippen LogP contribution in [0.1, 0.15) is 27.2 Å². The van der Waals surface area contributed by atoms with Crippen LogP contribution in [-0.4, -0.2) is 16.6 Å². The Morgan fingerprint density at radius 1 is 1.29 bits per heavy atom. The highest BCUT2D eigenvalue weighted by molar-refractivity contribution is 5.30. The Morgan fingerprint density at radius 2 is 1.86 bits per heavy atom. The third-order valence-corrected chi connectivity index (χ3v) is 1.73. The molecule has 1 heterocycles. The zero-order valence-electron chi connectivity index (χ0n) is 8.95. The third-order valence-electron chi connectivity index (χ3n) is 1.73. The van der Waals surface area contributed by atoms with Crippen LogP contribution in [0.2, 0.25) is 0 Å². The van der Waals surface area contributed by atoms with E-state index >= 15 is 0 Å². The minimum Gasteiger partial charge on any atom is -0.463 e. The van der Waals surface area contributed by atoms with E-state index in [-0.39, 0.29) is 5.41 Å². The van der Waals surface area contributed by atoms with E-state index in [9.17, 15) is 0 Å². The molecule has 1 aromatic heterocycles. The average Bonchev–Trinajstić information content (AvgIpc) is 2.06. The molecule has 0 fully saturated rings. The quantitative estimate of drug-likeness (QED) is 0.799. The first kappa shape index (κ1) is 10.8. The number of nitrogens with two attached hydrogens (primary N) is 1. The first-order chi connectivity index (χ1) is 6.47. The molecule has 0 aliphatic rings. The van der Waals surface area contributed by atoms with Gasteiger partial charge in [-0.15, -0.1) is 0 Å². The maximum Gasteiger partial charge on any atom is 0.316 e. The number of rotatable bonds is 3. The number of ether oxygens (including phenoxy) is 1. The number of anilines is 1. The fraction of sp³-hybridized carbons (Fsp3) is 0.600. The van der Waals surface area contributed by atoms with Gasteiger partial charge in [0.1, 0.15) is 0 Å². The van der Waals surface area contributed by atoms with Gasteiger partial charge in [0.15, 0.2) is 0 Å². The smallest absolute Gasteiger partial charge is 0.316 e. The molecule has 2 N–H and O–H groups in total. The summed E-state index contributed by atoms with van der Waals surface area (Å²) in [6.45, 7) is 7.13. The van der Waals surface area contributed by atoms with Crippen LogP contribution in [0, 0.1) is 5.41 Å². The number of hydrogen-bond acceptors (Lipinski definition) is 4. The van der Waals surface area contributed by atoms with Gasteiger partial charge in [-0.3, -0.25) is 0 Å². The van der Waals surface area contributed by atoms with Gasteiger partial charge in [-0.1, -0.05) is 20.8 Å². The summed E-state index contributed by atoms with van der Waals surface area (Å²) in [4.78, 5) is 7.88. The number of hydrogen-bond donors (Lipinski definition) is 1. The van der Waals surface area contributed by atoms with Gasteiger partial charge in [-0.2, -0.15) is 0 Å². The van der Waals surface area contributed by atoms with Crippen molar-refractivity contribution in [3.8, 4) is 6.01 Å². The molecular formula is C10H17N3O. The van der Waals surface area contributed by atoms with Crippen molar-refractivity contribution in [2.45, 2.75) is 27.2 Å². The normalized spacial score (nSPS) is 11.4. The molecule has 0 unspecified atom stereocenters. The summed E-state index contributed by atoms with van der Waals surface area (Å²) in [6, 6.07) is 0.392. The van der Waals surface area contributed by atoms with Gasteiger partial charge >= 0.3 is 6.01 Å². The van der Waals surface area contributed by atoms with Crippen LogP contribution >= 0.6 is 0 Å². The Balaban J connectivity index is 2.35. The van der Waals surface area contributed by atoms with Gasteiger partial charge in [0.05, 0.1) is 24.7 Å². The maximum absolute atomic E-state index is 5.44. The standard InChI is InChI=1S/C10H17N3O/c1-10(2,3)4-5-14-9-12-6-8(11)7-13-9/h6-7H,4-5,11H2,1-3H3. The summed E-state index contributed by atoms with van der Waals surface area (Å²) >= 11 is 0. The minimum atomic E-state index is 0.272. The van der Waals surface area contributed by atoms with E-state index in [1.54, 1.807) is 12.4 Å². The second-order valence-electron chi connectivity index (χ2n) is 4.46. The van der Waals surface area contributed by atoms with Crippen molar-refractivity contribution in [3.05, 3.63) is 12.4 Å². The lowest BCUT2D eigenvalue weighted by Gasteiger charge is -2.17. The highest BCUT2D eigenvalue weighted by Gasteiger charge is 2.10. The molecule has 0 bridgehead atoms. The van der Waals surface area contributed by atoms with Crippen molar-refractivity contribution < 1.29 is 4.74 Å². The Morgan fingerprint density at radius 3 is 2.36 bits per heavy atom. The summed E-state index contributed by atoms with van der Waals surface area (Å²) in [6.07, 6.45) is 4.06. The lowest BCUT2D eigenvalue weighted by molar-refractivity contribution is 0.229. The van der Waals surface area contributed by atoms with E-state index in [0.29, 0.717) is 18.3 Å². The highest BCUT2D eigenvalue weighted by Crippen LogP contribution is 2.18. The fourth-order valence-electron chi connectivity index (χ4n) is 0.849. The summed E-state index contributed by atoms with van der Waals surface area (Å²) in [5, 5.41) is 0. The molecule has 0 aliphatic carbocycles. The minimum absolute atomic E-state index is 0.272. The first-order valence-corrected chi connectivity index (χ1v) is 4.68. The van der Waals surface area contributed by atoms with E-state index in [2.05, 4.69) is 30.7 Å². The van der Waals surface area contributed by atoms with Crippen molar-refractivity contribution in [3.63, 3.8) is 0 Å². The van der Waals surface area contributed by atoms with E-state index in [1.807, 2.05) is 0 Å². The van der Waals surface area contributed by atoms with Crippen molar-refractivity contribution in [2.24, 2.45) is 5.41 Å². The van der Waals surface area contributed by atoms with E-state index < -0.39 is 0 Å². The average molecular weight is 195 g/mol. The predicted molar refractivity (Wildman–Crippen MR) is 56.0 cm³/mol. The molecule has 1 aromatic rings. The van der Waals surface area contributed by atoms with Crippen molar-refractivity contribution >= 4 is 5.69 Å². The molecule has 0 saturated carbocycles. The van der Waals surface area contributed by atoms with Crippen LogP contribution in [0.25, 0.3) is 0 Å². The zero-order valence-corrected chi connectivity index (χ0v) is 8.95. The molecule has 1 rings (SSSR count). The third kappa shape index (κ3) is 4.07. The van der Waals surface area contributed by atoms with Crippen LogP contribution in [0.5, 0.6) is 6.01 Å². The van der Waals surface area contributed by atoms with E-state index in [4.69, 9.17) is 10.5 Å². The second-order valence-corrected chi connectivity index (χ2v) is 4.46. The predicted octanol–water partition coefficient (Wildman–Crippen LogP) is 1.87. The molecular weight excluding hydrogens is 178 g/mol. The van der Waals surface area contributed by atoms with Gasteiger partial charge in [-0.25, -0.2) is 9.97 Å². The number of nitrogens with zero attached hydrogens (tertiary/aromatic N) is 2. The Bertz CT molecular complexity index is 276. The first-order valence-electron chi connectivity index (χ1n) is 4.68. The molecule has 0 aromatic carbocycles. The SMILES string of the molecule is CC(C)(C)CCOc1ncc(N)cn1. The van der Waals surface area contributed by atoms with Gasteiger partial charge in [0.25, 0.3) is 0 Å². The largest absolute Gasteiger partial charge is 0.463 e. The van der Waals surface area contributed by atoms with Crippen LogP contribution < -0.4 is 10.5 Å². The van der Waals surface area contributed by atoms with Crippen molar-refractivity contribution in [1.29, 1.82) is 0 Å². The van der Waals surface area contributed by atoms with E-state index in [1.165, 1.54) is 0 Å². The Hall–Kier alpha value is -1.32. The number of aromatic nitrogens is 2. The molecule has 0 amide bonds. The summed E-state index contributed by atoms with van der Waals surface area (Å²) < 4.78 is 5.36. The zero-order chi connectivity index (χ0) is 10.6. The Labute approximate surface area is 84.5 Å². The molecule has 0 aliphatic heterocycles. The van der Waals surface area contributed by atoms with Gasteiger partial charge < -0.3 is 10.5 Å². The van der Waals surface area contributed by atoms with Crippen molar-refractivity contribution in [2.75, 3.05) is 12.3 Å². The van der Waals surface area contributed by atoms with Gasteiger partial charge in [-0.05, 0) is 11.8 Å². The lowest BCUT2D eigenvalue weighted by atomic mass is 9.93. The highest BCUT2D eigenvalue weighted by atomic mass is 16.5. The van der Waals surface area contributed by atoms with Crippen LogP contribution in [-0.2, 0) is 0 Å². The summed E-state index contributed by atoms with van der Waals surface area (Å²) in [5.41, 5.74) is 6.26. The van der Waals surface area contributed by atoms with Crippen LogP contribution in [0.3, 0.4) is 0 Å². The fourth-order valence-corrected chi connectivity index (χ4v) is 0.849. The van der Waals surface area contributed by atoms with E-state index in [0.717, 1.165) is 6.42 Å². The number of nitrogen functional groups attached to an aromatic ring is 1. The van der Waals surface area contributed by atoms with Crippen LogP contribution in [0.4, 0.5) is 5.69 Å². The van der Waals surface area contributed by atoms with Gasteiger partial charge in [0, 0.05) is 0 Å². The van der Waals surface area contributed by atoms with Crippen molar-refractivity contribution in [1.82, 2.24) is 9.97 Å². The van der Waals surface area contributed by atoms with Crippen LogP contribution in [0.15, 0.2) is 12.4 Å². The summed E-state index contributed by atoms with van der Waals surface area (Å²) in [7, 11) is 0.